The van der Waals surface area contributed by atoms with Crippen molar-refractivity contribution in [3.63, 3.8) is 0 Å². The van der Waals surface area contributed by atoms with Gasteiger partial charge in [-0.05, 0) is 12.1 Å². The smallest absolute Gasteiger partial charge is 0.261 e. The molecule has 0 saturated heterocycles. The van der Waals surface area contributed by atoms with Crippen molar-refractivity contribution >= 4 is 17.8 Å². The molecule has 12 heavy (non-hydrogen) atoms. The van der Waals surface area contributed by atoms with E-state index < -0.39 is 5.91 Å². The van der Waals surface area contributed by atoms with Gasteiger partial charge in [-0.1, -0.05) is 18.2 Å². The molecule has 0 radical (unpaired) electrons. The van der Waals surface area contributed by atoms with Crippen LogP contribution in [0, 0.1) is 0 Å². The molecule has 0 fully saturated rings. The molecular weight excluding hydrogens is 154 g/mol. The van der Waals surface area contributed by atoms with E-state index in [0.717, 1.165) is 11.9 Å². The Hall–Kier alpha value is -1.84. The van der Waals surface area contributed by atoms with Crippen molar-refractivity contribution in [3.8, 4) is 0 Å². The molecule has 0 aliphatic carbocycles. The largest absolute Gasteiger partial charge is 0.365 e. The fraction of sp³-hybridized carbons (Fsp3) is 0. The maximum atomic E-state index is 10.2. The first-order chi connectivity index (χ1) is 5.79. The number of rotatable bonds is 3. The number of para-hydroxylation sites is 1. The normalized spacial score (nSPS) is 10.0. The summed E-state index contributed by atoms with van der Waals surface area (Å²) in [5.41, 5.74) is 8.29. The Morgan fingerprint density at radius 3 is 2.67 bits per heavy atom. The summed E-state index contributed by atoms with van der Waals surface area (Å²) in [6, 6.07) is 9.28. The van der Waals surface area contributed by atoms with E-state index in [-0.39, 0.29) is 0 Å². The van der Waals surface area contributed by atoms with Gasteiger partial charge in [-0.15, -0.1) is 0 Å². The molecule has 4 heteroatoms. The average Bonchev–Trinajstić information content (AvgIpc) is 2.05. The van der Waals surface area contributed by atoms with Crippen LogP contribution in [-0.2, 0) is 4.79 Å². The van der Waals surface area contributed by atoms with Crippen molar-refractivity contribution in [2.75, 3.05) is 5.43 Å². The number of hydrazone groups is 1. The third kappa shape index (κ3) is 2.83. The van der Waals surface area contributed by atoms with Gasteiger partial charge in [-0.25, -0.2) is 0 Å². The van der Waals surface area contributed by atoms with E-state index in [1.54, 1.807) is 0 Å². The van der Waals surface area contributed by atoms with Crippen LogP contribution in [0.15, 0.2) is 35.4 Å². The minimum absolute atomic E-state index is 0.571. The highest BCUT2D eigenvalue weighted by molar-refractivity contribution is 6.25. The van der Waals surface area contributed by atoms with E-state index in [2.05, 4.69) is 10.5 Å². The number of nitrogens with two attached hydrogens (primary N) is 1. The first-order valence-corrected chi connectivity index (χ1v) is 3.42. The van der Waals surface area contributed by atoms with Crippen LogP contribution in [-0.4, -0.2) is 12.1 Å². The molecule has 0 atom stereocenters. The molecule has 0 bridgehead atoms. The number of carbonyl (C=O) groups excluding carboxylic acids is 1. The van der Waals surface area contributed by atoms with Gasteiger partial charge in [0.15, 0.2) is 0 Å². The highest BCUT2D eigenvalue weighted by Crippen LogP contribution is 2.03. The standard InChI is InChI=1S/C8H9N3O/c9-8(12)6-10-11-7-4-2-1-3-5-7/h1-6,11H,(H2,9,12). The number of primary amides is 1. The average molecular weight is 163 g/mol. The van der Waals surface area contributed by atoms with Gasteiger partial charge in [-0.2, -0.15) is 5.10 Å². The molecule has 1 amide bonds. The number of carbonyl (C=O) groups is 1. The summed E-state index contributed by atoms with van der Waals surface area (Å²) < 4.78 is 0. The molecule has 0 aliphatic rings. The van der Waals surface area contributed by atoms with Crippen molar-refractivity contribution in [2.24, 2.45) is 10.8 Å². The number of benzene rings is 1. The Labute approximate surface area is 70.1 Å². The van der Waals surface area contributed by atoms with Crippen molar-refractivity contribution in [1.29, 1.82) is 0 Å². The Kier molecular flexibility index (Phi) is 2.84. The molecule has 62 valence electrons. The van der Waals surface area contributed by atoms with Crippen molar-refractivity contribution in [2.45, 2.75) is 0 Å². The van der Waals surface area contributed by atoms with Crippen LogP contribution in [0.1, 0.15) is 0 Å². The van der Waals surface area contributed by atoms with Crippen LogP contribution in [0.4, 0.5) is 5.69 Å². The number of anilines is 1. The second-order valence-corrected chi connectivity index (χ2v) is 2.14. The van der Waals surface area contributed by atoms with Crippen LogP contribution >= 0.6 is 0 Å². The quantitative estimate of drug-likeness (QED) is 0.505. The summed E-state index contributed by atoms with van der Waals surface area (Å²) >= 11 is 0. The maximum Gasteiger partial charge on any atom is 0.261 e. The maximum absolute atomic E-state index is 10.2. The monoisotopic (exact) mass is 163 g/mol. The van der Waals surface area contributed by atoms with E-state index >= 15 is 0 Å². The SMILES string of the molecule is NC(=O)C=NNc1ccccc1. The number of hydrogen-bond donors (Lipinski definition) is 2. The van der Waals surface area contributed by atoms with Crippen molar-refractivity contribution in [1.82, 2.24) is 0 Å². The zero-order valence-electron chi connectivity index (χ0n) is 6.40. The highest BCUT2D eigenvalue weighted by atomic mass is 16.1. The molecule has 0 aliphatic heterocycles. The first kappa shape index (κ1) is 8.26. The summed E-state index contributed by atoms with van der Waals surface area (Å²) in [5, 5.41) is 3.59. The van der Waals surface area contributed by atoms with Gasteiger partial charge in [0, 0.05) is 0 Å². The lowest BCUT2D eigenvalue weighted by Gasteiger charge is -1.96. The molecule has 0 unspecified atom stereocenters. The van der Waals surface area contributed by atoms with Gasteiger partial charge < -0.3 is 5.73 Å². The van der Waals surface area contributed by atoms with Gasteiger partial charge in [0.1, 0.15) is 6.21 Å². The highest BCUT2D eigenvalue weighted by Gasteiger charge is 1.85. The minimum Gasteiger partial charge on any atom is -0.365 e. The van der Waals surface area contributed by atoms with Gasteiger partial charge in [0.05, 0.1) is 5.69 Å². The number of amides is 1. The topological polar surface area (TPSA) is 67.5 Å². The summed E-state index contributed by atoms with van der Waals surface area (Å²) in [6.45, 7) is 0. The zero-order valence-corrected chi connectivity index (χ0v) is 6.40. The Morgan fingerprint density at radius 2 is 2.08 bits per heavy atom. The molecule has 4 nitrogen and oxygen atoms in total. The second-order valence-electron chi connectivity index (χ2n) is 2.14. The lowest BCUT2D eigenvalue weighted by molar-refractivity contribution is -0.111. The van der Waals surface area contributed by atoms with E-state index in [0.29, 0.717) is 0 Å². The zero-order chi connectivity index (χ0) is 8.81. The van der Waals surface area contributed by atoms with Gasteiger partial charge in [0.25, 0.3) is 5.91 Å². The Bertz CT molecular complexity index is 282. The minimum atomic E-state index is -0.571. The molecule has 1 aromatic rings. The Balaban J connectivity index is 2.49. The third-order valence-electron chi connectivity index (χ3n) is 1.16. The molecule has 0 aromatic heterocycles. The predicted octanol–water partition coefficient (Wildman–Crippen LogP) is 0.570. The first-order valence-electron chi connectivity index (χ1n) is 3.42. The fourth-order valence-electron chi connectivity index (χ4n) is 0.683. The lowest BCUT2D eigenvalue weighted by Crippen LogP contribution is -2.12. The van der Waals surface area contributed by atoms with Crippen LogP contribution in [0.3, 0.4) is 0 Å². The van der Waals surface area contributed by atoms with Crippen LogP contribution < -0.4 is 11.2 Å². The molecule has 3 N–H and O–H groups in total. The van der Waals surface area contributed by atoms with Crippen molar-refractivity contribution in [3.05, 3.63) is 30.3 Å². The van der Waals surface area contributed by atoms with Crippen molar-refractivity contribution < 1.29 is 4.79 Å². The molecule has 0 spiro atoms. The Morgan fingerprint density at radius 1 is 1.42 bits per heavy atom. The number of nitrogens with one attached hydrogen (secondary N) is 1. The molecule has 0 saturated carbocycles. The van der Waals surface area contributed by atoms with Gasteiger partial charge in [-0.3, -0.25) is 10.2 Å². The summed E-state index contributed by atoms with van der Waals surface area (Å²) in [4.78, 5) is 10.2. The summed E-state index contributed by atoms with van der Waals surface area (Å²) in [6.07, 6.45) is 1.02. The fourth-order valence-corrected chi connectivity index (χ4v) is 0.683. The lowest BCUT2D eigenvalue weighted by atomic mass is 10.3. The van der Waals surface area contributed by atoms with E-state index in [1.165, 1.54) is 0 Å². The second kappa shape index (κ2) is 4.12. The molecular formula is C8H9N3O. The summed E-state index contributed by atoms with van der Waals surface area (Å²) in [5.74, 6) is -0.571. The van der Waals surface area contributed by atoms with Crippen LogP contribution in [0.5, 0.6) is 0 Å². The number of hydrogen-bond acceptors (Lipinski definition) is 3. The van der Waals surface area contributed by atoms with E-state index in [4.69, 9.17) is 5.73 Å². The third-order valence-corrected chi connectivity index (χ3v) is 1.16. The van der Waals surface area contributed by atoms with Crippen LogP contribution in [0.25, 0.3) is 0 Å². The van der Waals surface area contributed by atoms with Crippen LogP contribution in [0.2, 0.25) is 0 Å². The molecule has 0 heterocycles. The van der Waals surface area contributed by atoms with Gasteiger partial charge in [0.2, 0.25) is 0 Å². The van der Waals surface area contributed by atoms with Gasteiger partial charge >= 0.3 is 0 Å². The predicted molar refractivity (Wildman–Crippen MR) is 47.8 cm³/mol. The number of nitrogens with zero attached hydrogens (tertiary/aromatic N) is 1. The molecule has 1 aromatic carbocycles. The summed E-state index contributed by atoms with van der Waals surface area (Å²) in [7, 11) is 0. The molecule has 1 rings (SSSR count). The van der Waals surface area contributed by atoms with E-state index in [1.807, 2.05) is 30.3 Å². The van der Waals surface area contributed by atoms with E-state index in [9.17, 15) is 4.79 Å².